The minimum Gasteiger partial charge on any atom is -0.492 e. The van der Waals surface area contributed by atoms with Crippen LogP contribution in [0.5, 0.6) is 11.5 Å². The third-order valence-electron chi connectivity index (χ3n) is 8.33. The first-order valence-corrected chi connectivity index (χ1v) is 16.4. The summed E-state index contributed by atoms with van der Waals surface area (Å²) in [5.74, 6) is 2.05. The number of fused-ring (bicyclic) bond motifs is 1. The van der Waals surface area contributed by atoms with Crippen molar-refractivity contribution in [1.29, 1.82) is 0 Å². The second kappa shape index (κ2) is 15.0. The van der Waals surface area contributed by atoms with Crippen molar-refractivity contribution in [2.24, 2.45) is 0 Å². The van der Waals surface area contributed by atoms with Crippen molar-refractivity contribution in [2.45, 2.75) is 62.8 Å². The maximum atomic E-state index is 11.0. The van der Waals surface area contributed by atoms with E-state index >= 15 is 0 Å². The van der Waals surface area contributed by atoms with Crippen LogP contribution in [0.4, 0.5) is 5.69 Å². The zero-order valence-electron chi connectivity index (χ0n) is 24.7. The van der Waals surface area contributed by atoms with Gasteiger partial charge in [0.15, 0.2) is 0 Å². The van der Waals surface area contributed by atoms with E-state index in [2.05, 4.69) is 64.8 Å². The number of halogens is 1. The predicted molar refractivity (Wildman–Crippen MR) is 173 cm³/mol. The molecule has 3 aromatic carbocycles. The molecule has 0 radical (unpaired) electrons. The smallest absolute Gasteiger partial charge is 0.217 e. The number of nitrogens with one attached hydrogen (secondary N) is 1. The highest BCUT2D eigenvalue weighted by Crippen LogP contribution is 2.39. The average Bonchev–Trinajstić information content (AvgIpc) is 3.36. The lowest BCUT2D eigenvalue weighted by atomic mass is 9.92. The molecule has 5 rings (SSSR count). The molecule has 3 aromatic rings. The number of likely N-dealkylation sites (tertiary alicyclic amines) is 1. The number of ether oxygens (including phenoxy) is 2. The summed E-state index contributed by atoms with van der Waals surface area (Å²) < 4.78 is 15.4. The third-order valence-corrected chi connectivity index (χ3v) is 9.26. The summed E-state index contributed by atoms with van der Waals surface area (Å²) in [6, 6.07) is 21.4. The molecule has 8 heteroatoms. The minimum atomic E-state index is 0.212. The van der Waals surface area contributed by atoms with Crippen LogP contribution in [0.15, 0.2) is 65.6 Å². The molecule has 2 heterocycles. The van der Waals surface area contributed by atoms with Crippen molar-refractivity contribution < 1.29 is 14.3 Å². The Hall–Kier alpha value is -2.87. The summed E-state index contributed by atoms with van der Waals surface area (Å²) >= 11 is 7.74. The molecule has 1 N–H and O–H groups in total. The first kappa shape index (κ1) is 30.6. The molecule has 0 bridgehead atoms. The molecule has 2 aliphatic rings. The molecular formula is C34H42ClN3O3S. The van der Waals surface area contributed by atoms with E-state index in [1.54, 1.807) is 0 Å². The van der Waals surface area contributed by atoms with E-state index in [0.29, 0.717) is 25.7 Å². The SMILES string of the molecule is CCCc1cc(Cl)ccc1C1COc2ccc(SNC=O)cc2N(CC2CCCN2CCOc2cccc(CC)c2)C1. The van der Waals surface area contributed by atoms with Crippen LogP contribution < -0.4 is 19.1 Å². The van der Waals surface area contributed by atoms with E-state index in [1.165, 1.54) is 35.1 Å². The molecular weight excluding hydrogens is 566 g/mol. The quantitative estimate of drug-likeness (QED) is 0.165. The monoisotopic (exact) mass is 607 g/mol. The van der Waals surface area contributed by atoms with Crippen molar-refractivity contribution in [3.63, 3.8) is 0 Å². The van der Waals surface area contributed by atoms with Gasteiger partial charge in [0.05, 0.1) is 12.3 Å². The zero-order chi connectivity index (χ0) is 29.3. The van der Waals surface area contributed by atoms with Crippen molar-refractivity contribution in [3.05, 3.63) is 82.4 Å². The molecule has 0 aliphatic carbocycles. The van der Waals surface area contributed by atoms with Crippen LogP contribution in [0.2, 0.25) is 5.02 Å². The van der Waals surface area contributed by atoms with Crippen molar-refractivity contribution in [1.82, 2.24) is 9.62 Å². The largest absolute Gasteiger partial charge is 0.492 e. The molecule has 2 atom stereocenters. The Morgan fingerprint density at radius 3 is 2.88 bits per heavy atom. The summed E-state index contributed by atoms with van der Waals surface area (Å²) in [4.78, 5) is 17.1. The van der Waals surface area contributed by atoms with Gasteiger partial charge in [-0.2, -0.15) is 0 Å². The number of benzene rings is 3. The first-order valence-electron chi connectivity index (χ1n) is 15.2. The number of carbonyl (C=O) groups excluding carboxylic acids is 1. The van der Waals surface area contributed by atoms with Crippen LogP contribution in [0, 0.1) is 0 Å². The maximum absolute atomic E-state index is 11.0. The van der Waals surface area contributed by atoms with Crippen molar-refractivity contribution in [3.8, 4) is 11.5 Å². The maximum Gasteiger partial charge on any atom is 0.217 e. The van der Waals surface area contributed by atoms with Gasteiger partial charge < -0.3 is 14.4 Å². The number of nitrogens with zero attached hydrogens (tertiary/aromatic N) is 2. The number of carbonyl (C=O) groups is 1. The van der Waals surface area contributed by atoms with E-state index in [9.17, 15) is 4.79 Å². The predicted octanol–water partition coefficient (Wildman–Crippen LogP) is 7.13. The molecule has 2 aliphatic heterocycles. The normalized spacial score (nSPS) is 18.7. The van der Waals surface area contributed by atoms with Gasteiger partial charge in [-0.1, -0.05) is 50.1 Å². The molecule has 6 nitrogen and oxygen atoms in total. The van der Waals surface area contributed by atoms with Gasteiger partial charge in [0.25, 0.3) is 0 Å². The number of hydrogen-bond acceptors (Lipinski definition) is 6. The lowest BCUT2D eigenvalue weighted by Gasteiger charge is -2.33. The van der Waals surface area contributed by atoms with Crippen LogP contribution in [0.1, 0.15) is 55.7 Å². The first-order chi connectivity index (χ1) is 20.6. The standard InChI is InChI=1S/C34H42ClN3O3S/c1-3-7-26-19-28(35)11-13-32(26)27-21-38(33-20-31(42-36-24-39)12-14-34(33)41-23-27)22-29-9-6-15-37(29)16-17-40-30-10-5-8-25(4-2)18-30/h5,8,10-14,18-20,24,27,29H,3-4,6-7,9,15-17,21-23H2,1-2H3,(H,36,39). The number of aryl methyl sites for hydroxylation is 2. The Kier molecular flexibility index (Phi) is 10.9. The number of anilines is 1. The Morgan fingerprint density at radius 1 is 1.14 bits per heavy atom. The number of hydrogen-bond donors (Lipinski definition) is 1. The summed E-state index contributed by atoms with van der Waals surface area (Å²) in [7, 11) is 0. The molecule has 1 fully saturated rings. The van der Waals surface area contributed by atoms with Gasteiger partial charge in [0.1, 0.15) is 18.1 Å². The zero-order valence-corrected chi connectivity index (χ0v) is 26.3. The van der Waals surface area contributed by atoms with Gasteiger partial charge in [0, 0.05) is 41.5 Å². The second-order valence-electron chi connectivity index (χ2n) is 11.2. The average molecular weight is 608 g/mol. The van der Waals surface area contributed by atoms with Gasteiger partial charge in [-0.25, -0.2) is 0 Å². The summed E-state index contributed by atoms with van der Waals surface area (Å²) in [5, 5.41) is 0.784. The highest BCUT2D eigenvalue weighted by molar-refractivity contribution is 7.97. The number of rotatable bonds is 13. The summed E-state index contributed by atoms with van der Waals surface area (Å²) in [5.41, 5.74) is 5.01. The van der Waals surface area contributed by atoms with Crippen LogP contribution >= 0.6 is 23.5 Å². The van der Waals surface area contributed by atoms with Crippen molar-refractivity contribution >= 4 is 35.6 Å². The van der Waals surface area contributed by atoms with Crippen LogP contribution in [0.3, 0.4) is 0 Å². The Balaban J connectivity index is 1.35. The van der Waals surface area contributed by atoms with Gasteiger partial charge in [0.2, 0.25) is 6.41 Å². The highest BCUT2D eigenvalue weighted by Gasteiger charge is 2.31. The van der Waals surface area contributed by atoms with Crippen molar-refractivity contribution in [2.75, 3.05) is 44.3 Å². The van der Waals surface area contributed by atoms with Crippen LogP contribution in [-0.2, 0) is 17.6 Å². The second-order valence-corrected chi connectivity index (χ2v) is 12.5. The molecule has 1 saturated heterocycles. The van der Waals surface area contributed by atoms with Crippen LogP contribution in [-0.4, -0.2) is 56.7 Å². The molecule has 0 spiro atoms. The summed E-state index contributed by atoms with van der Waals surface area (Å²) in [6.07, 6.45) is 6.13. The van der Waals surface area contributed by atoms with Gasteiger partial charge in [-0.3, -0.25) is 14.4 Å². The van der Waals surface area contributed by atoms with E-state index in [1.807, 2.05) is 24.3 Å². The molecule has 0 aromatic heterocycles. The molecule has 42 heavy (non-hydrogen) atoms. The lowest BCUT2D eigenvalue weighted by Crippen LogP contribution is -2.43. The highest BCUT2D eigenvalue weighted by atomic mass is 35.5. The lowest BCUT2D eigenvalue weighted by molar-refractivity contribution is -0.107. The van der Waals surface area contributed by atoms with E-state index in [0.717, 1.165) is 79.0 Å². The van der Waals surface area contributed by atoms with E-state index in [-0.39, 0.29) is 5.92 Å². The third kappa shape index (κ3) is 7.74. The topological polar surface area (TPSA) is 54.0 Å². The number of amides is 1. The van der Waals surface area contributed by atoms with Gasteiger partial charge >= 0.3 is 0 Å². The van der Waals surface area contributed by atoms with Gasteiger partial charge in [-0.15, -0.1) is 0 Å². The van der Waals surface area contributed by atoms with E-state index in [4.69, 9.17) is 21.1 Å². The van der Waals surface area contributed by atoms with Gasteiger partial charge in [-0.05, 0) is 103 Å². The Labute approximate surface area is 259 Å². The Morgan fingerprint density at radius 2 is 2.05 bits per heavy atom. The minimum absolute atomic E-state index is 0.212. The van der Waals surface area contributed by atoms with Crippen LogP contribution in [0.25, 0.3) is 0 Å². The molecule has 224 valence electrons. The Bertz CT molecular complexity index is 1340. The fraction of sp³-hybridized carbons (Fsp3) is 0.441. The van der Waals surface area contributed by atoms with E-state index < -0.39 is 0 Å². The molecule has 1 amide bonds. The molecule has 0 saturated carbocycles. The molecule has 2 unspecified atom stereocenters. The fourth-order valence-electron chi connectivity index (χ4n) is 6.24. The fourth-order valence-corrected chi connectivity index (χ4v) is 6.92. The summed E-state index contributed by atoms with van der Waals surface area (Å²) in [6.45, 7) is 9.41.